The lowest BCUT2D eigenvalue weighted by atomic mass is 9.81. The number of nitrogens with one attached hydrogen (secondary N) is 1. The van der Waals surface area contributed by atoms with Gasteiger partial charge in [0.15, 0.2) is 0 Å². The fourth-order valence-electron chi connectivity index (χ4n) is 3.36. The van der Waals surface area contributed by atoms with Crippen LogP contribution in [0.25, 0.3) is 0 Å². The lowest BCUT2D eigenvalue weighted by molar-refractivity contribution is 0.0865. The van der Waals surface area contributed by atoms with E-state index in [1.807, 2.05) is 0 Å². The zero-order valence-corrected chi connectivity index (χ0v) is 13.2. The van der Waals surface area contributed by atoms with Gasteiger partial charge in [0.05, 0.1) is 0 Å². The maximum absolute atomic E-state index is 6.32. The quantitative estimate of drug-likeness (QED) is 0.840. The summed E-state index contributed by atoms with van der Waals surface area (Å²) in [5.41, 5.74) is 1.35. The standard InChI is InChI=1S/C18H29NO/c1-4-7-15-10-11-17(19-3)18(13-15)20-16-9-6-8-14(5-2)12-16/h6,8-9,12,15,17-19H,4-5,7,10-11,13H2,1-3H3. The molecule has 0 saturated heterocycles. The summed E-state index contributed by atoms with van der Waals surface area (Å²) >= 11 is 0. The van der Waals surface area contributed by atoms with Crippen molar-refractivity contribution in [3.8, 4) is 5.75 Å². The second-order valence-electron chi connectivity index (χ2n) is 6.02. The van der Waals surface area contributed by atoms with Gasteiger partial charge in [-0.25, -0.2) is 0 Å². The Bertz CT molecular complexity index is 404. The monoisotopic (exact) mass is 275 g/mol. The number of hydrogen-bond acceptors (Lipinski definition) is 2. The molecule has 2 heteroatoms. The highest BCUT2D eigenvalue weighted by molar-refractivity contribution is 5.28. The SMILES string of the molecule is CCCC1CCC(NC)C(Oc2cccc(CC)c2)C1. The third kappa shape index (κ3) is 3.99. The van der Waals surface area contributed by atoms with Gasteiger partial charge in [-0.2, -0.15) is 0 Å². The van der Waals surface area contributed by atoms with Crippen LogP contribution in [0.3, 0.4) is 0 Å². The van der Waals surface area contributed by atoms with Crippen molar-refractivity contribution < 1.29 is 4.74 Å². The van der Waals surface area contributed by atoms with Gasteiger partial charge in [-0.3, -0.25) is 0 Å². The molecule has 2 nitrogen and oxygen atoms in total. The van der Waals surface area contributed by atoms with E-state index in [0.29, 0.717) is 12.1 Å². The van der Waals surface area contributed by atoms with Crippen LogP contribution >= 0.6 is 0 Å². The number of likely N-dealkylation sites (N-methyl/N-ethyl adjacent to an activating group) is 1. The van der Waals surface area contributed by atoms with Gasteiger partial charge in [0, 0.05) is 6.04 Å². The van der Waals surface area contributed by atoms with Gasteiger partial charge in [-0.1, -0.05) is 38.8 Å². The third-order valence-corrected chi connectivity index (χ3v) is 4.56. The molecule has 0 aromatic heterocycles. The first-order valence-corrected chi connectivity index (χ1v) is 8.19. The summed E-state index contributed by atoms with van der Waals surface area (Å²) in [5.74, 6) is 1.87. The van der Waals surface area contributed by atoms with Crippen LogP contribution in [0.15, 0.2) is 24.3 Å². The molecule has 2 rings (SSSR count). The molecule has 0 radical (unpaired) electrons. The van der Waals surface area contributed by atoms with Gasteiger partial charge >= 0.3 is 0 Å². The normalized spacial score (nSPS) is 26.4. The zero-order valence-electron chi connectivity index (χ0n) is 13.2. The number of aryl methyl sites for hydroxylation is 1. The van der Waals surface area contributed by atoms with Crippen molar-refractivity contribution in [3.05, 3.63) is 29.8 Å². The van der Waals surface area contributed by atoms with E-state index in [1.54, 1.807) is 0 Å². The molecule has 20 heavy (non-hydrogen) atoms. The Morgan fingerprint density at radius 1 is 1.25 bits per heavy atom. The molecule has 1 aliphatic rings. The summed E-state index contributed by atoms with van der Waals surface area (Å²) in [6, 6.07) is 9.05. The Balaban J connectivity index is 2.02. The Labute approximate surface area is 123 Å². The van der Waals surface area contributed by atoms with Crippen molar-refractivity contribution in [1.29, 1.82) is 0 Å². The van der Waals surface area contributed by atoms with Crippen molar-refractivity contribution in [2.45, 2.75) is 64.5 Å². The minimum absolute atomic E-state index is 0.317. The van der Waals surface area contributed by atoms with Crippen LogP contribution < -0.4 is 10.1 Å². The van der Waals surface area contributed by atoms with E-state index in [1.165, 1.54) is 37.7 Å². The summed E-state index contributed by atoms with van der Waals surface area (Å²) in [4.78, 5) is 0. The molecule has 1 aliphatic carbocycles. The van der Waals surface area contributed by atoms with Crippen molar-refractivity contribution in [2.75, 3.05) is 7.05 Å². The van der Waals surface area contributed by atoms with Gasteiger partial charge < -0.3 is 10.1 Å². The van der Waals surface area contributed by atoms with Gasteiger partial charge in [-0.15, -0.1) is 0 Å². The minimum atomic E-state index is 0.317. The van der Waals surface area contributed by atoms with Gasteiger partial charge in [-0.05, 0) is 56.3 Å². The fourth-order valence-corrected chi connectivity index (χ4v) is 3.36. The van der Waals surface area contributed by atoms with E-state index in [0.717, 1.165) is 18.1 Å². The molecule has 1 saturated carbocycles. The number of ether oxygens (including phenoxy) is 1. The van der Waals surface area contributed by atoms with Crippen molar-refractivity contribution >= 4 is 0 Å². The Hall–Kier alpha value is -1.02. The largest absolute Gasteiger partial charge is 0.489 e. The first kappa shape index (κ1) is 15.4. The van der Waals surface area contributed by atoms with Crippen LogP contribution in [-0.4, -0.2) is 19.2 Å². The molecule has 3 atom stereocenters. The Morgan fingerprint density at radius 3 is 2.80 bits per heavy atom. The Kier molecular flexibility index (Phi) is 5.90. The van der Waals surface area contributed by atoms with Crippen molar-refractivity contribution in [1.82, 2.24) is 5.32 Å². The maximum atomic E-state index is 6.32. The molecular formula is C18H29NO. The maximum Gasteiger partial charge on any atom is 0.120 e. The van der Waals surface area contributed by atoms with Crippen LogP contribution in [0.5, 0.6) is 5.75 Å². The van der Waals surface area contributed by atoms with Crippen LogP contribution in [0, 0.1) is 5.92 Å². The van der Waals surface area contributed by atoms with Crippen LogP contribution in [-0.2, 0) is 6.42 Å². The smallest absolute Gasteiger partial charge is 0.120 e. The van der Waals surface area contributed by atoms with Gasteiger partial charge in [0.2, 0.25) is 0 Å². The molecule has 3 unspecified atom stereocenters. The average molecular weight is 275 g/mol. The van der Waals surface area contributed by atoms with E-state index in [9.17, 15) is 0 Å². The Morgan fingerprint density at radius 2 is 2.10 bits per heavy atom. The van der Waals surface area contributed by atoms with Gasteiger partial charge in [0.1, 0.15) is 11.9 Å². The predicted octanol–water partition coefficient (Wildman–Crippen LogP) is 4.18. The molecular weight excluding hydrogens is 246 g/mol. The van der Waals surface area contributed by atoms with Crippen LogP contribution in [0.4, 0.5) is 0 Å². The second-order valence-corrected chi connectivity index (χ2v) is 6.02. The minimum Gasteiger partial charge on any atom is -0.489 e. The topological polar surface area (TPSA) is 21.3 Å². The molecule has 1 N–H and O–H groups in total. The highest BCUT2D eigenvalue weighted by atomic mass is 16.5. The molecule has 1 aromatic carbocycles. The van der Waals surface area contributed by atoms with Crippen molar-refractivity contribution in [2.24, 2.45) is 5.92 Å². The van der Waals surface area contributed by atoms with Crippen LogP contribution in [0.1, 0.15) is 51.5 Å². The van der Waals surface area contributed by atoms with E-state index >= 15 is 0 Å². The average Bonchev–Trinajstić information content (AvgIpc) is 2.48. The predicted molar refractivity (Wildman–Crippen MR) is 85.3 cm³/mol. The molecule has 1 fully saturated rings. The summed E-state index contributed by atoms with van der Waals surface area (Å²) in [6.07, 6.45) is 7.77. The molecule has 0 bridgehead atoms. The molecule has 112 valence electrons. The summed E-state index contributed by atoms with van der Waals surface area (Å²) in [6.45, 7) is 4.47. The van der Waals surface area contributed by atoms with E-state index in [4.69, 9.17) is 4.74 Å². The highest BCUT2D eigenvalue weighted by Gasteiger charge is 2.30. The first-order valence-electron chi connectivity index (χ1n) is 8.19. The highest BCUT2D eigenvalue weighted by Crippen LogP contribution is 2.31. The van der Waals surface area contributed by atoms with E-state index in [-0.39, 0.29) is 0 Å². The number of rotatable bonds is 6. The first-order chi connectivity index (χ1) is 9.76. The lowest BCUT2D eigenvalue weighted by Crippen LogP contribution is -2.45. The van der Waals surface area contributed by atoms with Gasteiger partial charge in [0.25, 0.3) is 0 Å². The summed E-state index contributed by atoms with van der Waals surface area (Å²) in [7, 11) is 2.06. The summed E-state index contributed by atoms with van der Waals surface area (Å²) in [5, 5.41) is 3.44. The number of hydrogen-bond donors (Lipinski definition) is 1. The van der Waals surface area contributed by atoms with Crippen LogP contribution in [0.2, 0.25) is 0 Å². The molecule has 0 spiro atoms. The van der Waals surface area contributed by atoms with E-state index in [2.05, 4.69) is 50.5 Å². The molecule has 0 amide bonds. The summed E-state index contributed by atoms with van der Waals surface area (Å²) < 4.78 is 6.32. The zero-order chi connectivity index (χ0) is 14.4. The van der Waals surface area contributed by atoms with Crippen molar-refractivity contribution in [3.63, 3.8) is 0 Å². The van der Waals surface area contributed by atoms with E-state index < -0.39 is 0 Å². The molecule has 0 heterocycles. The second kappa shape index (κ2) is 7.68. The fraction of sp³-hybridized carbons (Fsp3) is 0.667. The third-order valence-electron chi connectivity index (χ3n) is 4.56. The lowest BCUT2D eigenvalue weighted by Gasteiger charge is -2.36. The molecule has 0 aliphatic heterocycles. The molecule has 1 aromatic rings. The number of benzene rings is 1.